The van der Waals surface area contributed by atoms with Gasteiger partial charge in [0.1, 0.15) is 11.7 Å². The summed E-state index contributed by atoms with van der Waals surface area (Å²) >= 11 is 12.8. The maximum atomic E-state index is 13.3. The molecule has 1 amide bonds. The summed E-state index contributed by atoms with van der Waals surface area (Å²) in [6.07, 6.45) is 3.74. The summed E-state index contributed by atoms with van der Waals surface area (Å²) < 4.78 is 73.5. The summed E-state index contributed by atoms with van der Waals surface area (Å²) in [5, 5.41) is 0.506. The van der Waals surface area contributed by atoms with Crippen molar-refractivity contribution in [1.29, 1.82) is 0 Å². The number of benzene rings is 2. The van der Waals surface area contributed by atoms with Gasteiger partial charge in [-0.2, -0.15) is 13.1 Å². The Bertz CT molecular complexity index is 1750. The van der Waals surface area contributed by atoms with E-state index in [1.165, 1.54) is 42.7 Å². The first-order valence-electron chi connectivity index (χ1n) is 15.6. The van der Waals surface area contributed by atoms with Gasteiger partial charge < -0.3 is 18.9 Å². The first-order valence-corrected chi connectivity index (χ1v) is 18.2. The molecule has 0 N–H and O–H groups in total. The predicted molar refractivity (Wildman–Crippen MR) is 184 cm³/mol. The Labute approximate surface area is 300 Å². The Balaban J connectivity index is 1.50. The average molecular weight is 759 g/mol. The fraction of sp³-hybridized carbons (Fsp3) is 0.441. The van der Waals surface area contributed by atoms with Crippen LogP contribution in [0.15, 0.2) is 54.9 Å². The van der Waals surface area contributed by atoms with Gasteiger partial charge in [-0.25, -0.2) is 13.2 Å². The van der Waals surface area contributed by atoms with Gasteiger partial charge in [0.2, 0.25) is 10.0 Å². The lowest BCUT2D eigenvalue weighted by atomic mass is 10.0. The van der Waals surface area contributed by atoms with E-state index in [0.29, 0.717) is 33.5 Å². The molecule has 4 rings (SSSR count). The number of aromatic nitrogens is 1. The van der Waals surface area contributed by atoms with Gasteiger partial charge in [-0.3, -0.25) is 14.7 Å². The predicted octanol–water partition coefficient (Wildman–Crippen LogP) is 7.44. The molecular formula is C34H39Cl2F2N3O8S. The summed E-state index contributed by atoms with van der Waals surface area (Å²) in [6, 6.07) is 10.5. The zero-order valence-corrected chi connectivity index (χ0v) is 30.5. The van der Waals surface area contributed by atoms with Crippen LogP contribution < -0.4 is 13.8 Å². The number of nitrogens with zero attached hydrogens (tertiary/aromatic N) is 3. The van der Waals surface area contributed by atoms with E-state index >= 15 is 0 Å². The zero-order chi connectivity index (χ0) is 36.8. The van der Waals surface area contributed by atoms with Crippen molar-refractivity contribution in [3.8, 4) is 11.5 Å². The van der Waals surface area contributed by atoms with E-state index in [0.717, 1.165) is 19.1 Å². The van der Waals surface area contributed by atoms with Gasteiger partial charge in [0.25, 0.3) is 0 Å². The van der Waals surface area contributed by atoms with Crippen LogP contribution in [0.4, 0.5) is 19.3 Å². The summed E-state index contributed by atoms with van der Waals surface area (Å²) in [7, 11) is -2.32. The minimum atomic E-state index is -4.00. The van der Waals surface area contributed by atoms with Crippen molar-refractivity contribution >= 4 is 51.0 Å². The number of rotatable bonds is 15. The molecule has 0 radical (unpaired) electrons. The molecule has 1 fully saturated rings. The number of sulfonamides is 1. The molecule has 0 bridgehead atoms. The van der Waals surface area contributed by atoms with E-state index in [2.05, 4.69) is 9.72 Å². The third-order valence-corrected chi connectivity index (χ3v) is 8.93. The smallest absolute Gasteiger partial charge is 0.428 e. The quantitative estimate of drug-likeness (QED) is 0.145. The van der Waals surface area contributed by atoms with Crippen LogP contribution in [0.5, 0.6) is 11.5 Å². The maximum Gasteiger partial charge on any atom is 0.428 e. The SMILES string of the molecule is CN(CC(=O)OC(Cc1c(Cl)cncc1Cl)c1ccc(OC(F)F)c(OCC2CC2)c1)Cc1ccc(N(C(=O)OC(C)(C)C)S(C)(=O)=O)cc1. The number of likely N-dealkylation sites (N-methyl/N-ethyl adjacent to an activating group) is 1. The second-order valence-electron chi connectivity index (χ2n) is 12.9. The first kappa shape index (κ1) is 39.1. The van der Waals surface area contributed by atoms with Gasteiger partial charge in [0, 0.05) is 25.4 Å². The number of hydrogen-bond acceptors (Lipinski definition) is 10. The number of esters is 1. The maximum absolute atomic E-state index is 13.3. The Morgan fingerprint density at radius 3 is 2.22 bits per heavy atom. The molecule has 0 aliphatic heterocycles. The number of hydrogen-bond donors (Lipinski definition) is 0. The minimum Gasteiger partial charge on any atom is -0.489 e. The molecule has 1 saturated carbocycles. The molecule has 50 heavy (non-hydrogen) atoms. The molecule has 2 aromatic carbocycles. The molecule has 272 valence electrons. The van der Waals surface area contributed by atoms with Crippen molar-refractivity contribution in [3.63, 3.8) is 0 Å². The molecule has 1 heterocycles. The van der Waals surface area contributed by atoms with Crippen LogP contribution in [0.2, 0.25) is 10.0 Å². The molecule has 1 aliphatic rings. The van der Waals surface area contributed by atoms with E-state index in [9.17, 15) is 26.8 Å². The van der Waals surface area contributed by atoms with E-state index in [1.807, 2.05) is 0 Å². The monoisotopic (exact) mass is 757 g/mol. The van der Waals surface area contributed by atoms with Crippen molar-refractivity contribution in [3.05, 3.63) is 81.6 Å². The van der Waals surface area contributed by atoms with Crippen LogP contribution in [0.3, 0.4) is 0 Å². The number of anilines is 1. The van der Waals surface area contributed by atoms with Crippen LogP contribution in [-0.2, 0) is 37.3 Å². The molecule has 1 unspecified atom stereocenters. The molecular weight excluding hydrogens is 719 g/mol. The first-order chi connectivity index (χ1) is 23.4. The molecule has 1 aromatic heterocycles. The Kier molecular flexibility index (Phi) is 12.9. The molecule has 1 atom stereocenters. The number of carbonyl (C=O) groups excluding carboxylic acids is 2. The number of alkyl halides is 2. The normalized spacial score (nSPS) is 14.0. The minimum absolute atomic E-state index is 0.0443. The van der Waals surface area contributed by atoms with Crippen molar-refractivity contribution < 1.29 is 45.7 Å². The van der Waals surface area contributed by atoms with E-state index in [4.69, 9.17) is 37.4 Å². The molecule has 0 saturated heterocycles. The van der Waals surface area contributed by atoms with Crippen LogP contribution >= 0.6 is 23.2 Å². The summed E-state index contributed by atoms with van der Waals surface area (Å²) in [5.74, 6) is -0.344. The van der Waals surface area contributed by atoms with Crippen molar-refractivity contribution in [2.45, 2.75) is 64.9 Å². The van der Waals surface area contributed by atoms with Crippen LogP contribution in [0, 0.1) is 5.92 Å². The van der Waals surface area contributed by atoms with Gasteiger partial charge in [-0.05, 0) is 87.5 Å². The van der Waals surface area contributed by atoms with Gasteiger partial charge in [-0.1, -0.05) is 41.4 Å². The second-order valence-corrected chi connectivity index (χ2v) is 15.6. The van der Waals surface area contributed by atoms with Crippen LogP contribution in [0.25, 0.3) is 0 Å². The lowest BCUT2D eigenvalue weighted by Gasteiger charge is -2.26. The van der Waals surface area contributed by atoms with Crippen molar-refractivity contribution in [2.24, 2.45) is 5.92 Å². The second kappa shape index (κ2) is 16.5. The fourth-order valence-electron chi connectivity index (χ4n) is 4.83. The lowest BCUT2D eigenvalue weighted by molar-refractivity contribution is -0.150. The molecule has 1 aliphatic carbocycles. The van der Waals surface area contributed by atoms with E-state index < -0.39 is 40.4 Å². The van der Waals surface area contributed by atoms with E-state index in [-0.39, 0.29) is 46.7 Å². The number of pyridine rings is 1. The van der Waals surface area contributed by atoms with Crippen LogP contribution in [-0.4, -0.2) is 69.0 Å². The van der Waals surface area contributed by atoms with Crippen LogP contribution in [0.1, 0.15) is 56.4 Å². The highest BCUT2D eigenvalue weighted by Crippen LogP contribution is 2.38. The van der Waals surface area contributed by atoms with E-state index in [1.54, 1.807) is 44.9 Å². The summed E-state index contributed by atoms with van der Waals surface area (Å²) in [6.45, 7) is 2.24. The van der Waals surface area contributed by atoms with Gasteiger partial charge in [-0.15, -0.1) is 0 Å². The van der Waals surface area contributed by atoms with Gasteiger partial charge in [0.05, 0.1) is 35.1 Å². The lowest BCUT2D eigenvalue weighted by Crippen LogP contribution is -2.40. The number of carbonyl (C=O) groups is 2. The highest BCUT2D eigenvalue weighted by atomic mass is 35.5. The molecule has 16 heteroatoms. The zero-order valence-electron chi connectivity index (χ0n) is 28.2. The highest BCUT2D eigenvalue weighted by molar-refractivity contribution is 7.92. The van der Waals surface area contributed by atoms with Crippen molar-refractivity contribution in [2.75, 3.05) is 30.8 Å². The fourth-order valence-corrected chi connectivity index (χ4v) is 6.16. The number of amides is 1. The highest BCUT2D eigenvalue weighted by Gasteiger charge is 2.31. The molecule has 0 spiro atoms. The number of ether oxygens (including phenoxy) is 4. The largest absolute Gasteiger partial charge is 0.489 e. The third kappa shape index (κ3) is 11.7. The standard InChI is InChI=1S/C34H39Cl2F2N3O8S/c1-34(2,3)49-33(43)41(50(5,44)45)24-11-8-21(9-12-24)18-40(4)19-31(42)47-29(15-25-26(35)16-39-17-27(25)36)23-10-13-28(48-32(37)38)30(14-23)46-20-22-6-7-22/h8-14,16-17,22,29,32H,6-7,15,18-20H2,1-5H3. The van der Waals surface area contributed by atoms with Crippen molar-refractivity contribution in [1.82, 2.24) is 9.88 Å². The Morgan fingerprint density at radius 2 is 1.66 bits per heavy atom. The summed E-state index contributed by atoms with van der Waals surface area (Å²) in [4.78, 5) is 31.7. The average Bonchev–Trinajstić information content (AvgIpc) is 3.82. The Morgan fingerprint density at radius 1 is 1.02 bits per heavy atom. The van der Waals surface area contributed by atoms with Gasteiger partial charge in [0.15, 0.2) is 11.5 Å². The number of halogens is 4. The molecule has 3 aromatic rings. The Hall–Kier alpha value is -3.72. The topological polar surface area (TPSA) is 125 Å². The van der Waals surface area contributed by atoms with Gasteiger partial charge >= 0.3 is 18.7 Å². The summed E-state index contributed by atoms with van der Waals surface area (Å²) in [5.41, 5.74) is 0.798. The molecule has 11 nitrogen and oxygen atoms in total. The third-order valence-electron chi connectivity index (χ3n) is 7.26.